The Morgan fingerprint density at radius 2 is 2.29 bits per heavy atom. The summed E-state index contributed by atoms with van der Waals surface area (Å²) >= 11 is 0. The highest BCUT2D eigenvalue weighted by atomic mass is 16.5. The van der Waals surface area contributed by atoms with Crippen molar-refractivity contribution in [1.29, 1.82) is 5.26 Å². The minimum absolute atomic E-state index is 0.271. The third-order valence-corrected chi connectivity index (χ3v) is 3.99. The molecule has 1 aliphatic rings. The average molecular weight is 324 g/mol. The van der Waals surface area contributed by atoms with Crippen molar-refractivity contribution in [2.24, 2.45) is 0 Å². The highest BCUT2D eigenvalue weighted by Gasteiger charge is 2.31. The molecule has 2 aromatic rings. The predicted octanol–water partition coefficient (Wildman–Crippen LogP) is 1.41. The Hall–Kier alpha value is -3.14. The molecule has 0 fully saturated rings. The molecule has 0 bridgehead atoms. The molecule has 0 radical (unpaired) electrons. The minimum atomic E-state index is -0.618. The Labute approximate surface area is 138 Å². The molecule has 1 aromatic carbocycles. The van der Waals surface area contributed by atoms with Crippen molar-refractivity contribution < 1.29 is 9.53 Å². The summed E-state index contributed by atoms with van der Waals surface area (Å²) in [6.45, 7) is 2.00. The zero-order valence-electron chi connectivity index (χ0n) is 13.2. The van der Waals surface area contributed by atoms with E-state index in [1.54, 1.807) is 25.1 Å². The molecular formula is C17H16N4O3. The lowest BCUT2D eigenvalue weighted by Gasteiger charge is -2.13. The highest BCUT2D eigenvalue weighted by molar-refractivity contribution is 5.76. The second-order valence-electron chi connectivity index (χ2n) is 5.49. The van der Waals surface area contributed by atoms with Crippen LogP contribution in [0.3, 0.4) is 0 Å². The number of carbonyl (C=O) groups is 1. The van der Waals surface area contributed by atoms with E-state index >= 15 is 0 Å². The summed E-state index contributed by atoms with van der Waals surface area (Å²) in [5, 5.41) is 8.90. The minimum Gasteiger partial charge on any atom is -0.464 e. The fourth-order valence-corrected chi connectivity index (χ4v) is 2.91. The summed E-state index contributed by atoms with van der Waals surface area (Å²) in [6, 6.07) is 7.59. The number of esters is 1. The first-order valence-corrected chi connectivity index (χ1v) is 7.64. The topological polar surface area (TPSA) is 111 Å². The zero-order chi connectivity index (χ0) is 17.3. The van der Waals surface area contributed by atoms with Crippen LogP contribution in [0.1, 0.15) is 30.8 Å². The SMILES string of the molecule is CCOC(=O)[C@@H]1CCc2nc(-c3ccc(C#N)cc3N)cc(=O)n21. The number of anilines is 1. The number of aromatic nitrogens is 2. The van der Waals surface area contributed by atoms with Crippen molar-refractivity contribution in [1.82, 2.24) is 9.55 Å². The zero-order valence-corrected chi connectivity index (χ0v) is 13.2. The van der Waals surface area contributed by atoms with E-state index in [0.29, 0.717) is 41.2 Å². The van der Waals surface area contributed by atoms with Gasteiger partial charge in [-0.1, -0.05) is 0 Å². The van der Waals surface area contributed by atoms with Gasteiger partial charge in [-0.25, -0.2) is 9.78 Å². The first-order chi connectivity index (χ1) is 11.5. The number of carbonyl (C=O) groups excluding carboxylic acids is 1. The Morgan fingerprint density at radius 3 is 2.96 bits per heavy atom. The number of nitrogen functional groups attached to an aromatic ring is 1. The van der Waals surface area contributed by atoms with Gasteiger partial charge in [-0.2, -0.15) is 5.26 Å². The van der Waals surface area contributed by atoms with Gasteiger partial charge in [-0.05, 0) is 31.5 Å². The molecule has 1 aliphatic heterocycles. The number of hydrogen-bond donors (Lipinski definition) is 1. The van der Waals surface area contributed by atoms with E-state index < -0.39 is 12.0 Å². The van der Waals surface area contributed by atoms with Crippen molar-refractivity contribution in [3.63, 3.8) is 0 Å². The van der Waals surface area contributed by atoms with Gasteiger partial charge in [0, 0.05) is 23.7 Å². The van der Waals surface area contributed by atoms with Crippen molar-refractivity contribution in [2.75, 3.05) is 12.3 Å². The van der Waals surface area contributed by atoms with Crippen LogP contribution in [0.4, 0.5) is 5.69 Å². The number of nitriles is 1. The first kappa shape index (κ1) is 15.7. The highest BCUT2D eigenvalue weighted by Crippen LogP contribution is 2.28. The third-order valence-electron chi connectivity index (χ3n) is 3.99. The van der Waals surface area contributed by atoms with Gasteiger partial charge in [-0.15, -0.1) is 0 Å². The maximum Gasteiger partial charge on any atom is 0.329 e. The molecule has 1 atom stereocenters. The summed E-state index contributed by atoms with van der Waals surface area (Å²) in [4.78, 5) is 28.9. The molecule has 0 aliphatic carbocycles. The predicted molar refractivity (Wildman–Crippen MR) is 87.1 cm³/mol. The quantitative estimate of drug-likeness (QED) is 0.675. The van der Waals surface area contributed by atoms with E-state index in [0.717, 1.165) is 0 Å². The normalized spacial score (nSPS) is 15.6. The van der Waals surface area contributed by atoms with Crippen LogP contribution >= 0.6 is 0 Å². The van der Waals surface area contributed by atoms with Gasteiger partial charge < -0.3 is 10.5 Å². The van der Waals surface area contributed by atoms with E-state index in [-0.39, 0.29) is 12.2 Å². The number of rotatable bonds is 3. The number of nitrogens with zero attached hydrogens (tertiary/aromatic N) is 3. The smallest absolute Gasteiger partial charge is 0.329 e. The Kier molecular flexibility index (Phi) is 4.04. The molecule has 7 heteroatoms. The summed E-state index contributed by atoms with van der Waals surface area (Å²) < 4.78 is 6.41. The molecule has 0 saturated carbocycles. The second kappa shape index (κ2) is 6.16. The van der Waals surface area contributed by atoms with Gasteiger partial charge >= 0.3 is 5.97 Å². The molecule has 1 aromatic heterocycles. The van der Waals surface area contributed by atoms with E-state index in [9.17, 15) is 9.59 Å². The molecular weight excluding hydrogens is 308 g/mol. The van der Waals surface area contributed by atoms with E-state index in [2.05, 4.69) is 4.98 Å². The van der Waals surface area contributed by atoms with Gasteiger partial charge in [0.05, 0.1) is 23.9 Å². The van der Waals surface area contributed by atoms with Gasteiger partial charge in [0.15, 0.2) is 0 Å². The van der Waals surface area contributed by atoms with Crippen LogP contribution in [0.15, 0.2) is 29.1 Å². The Balaban J connectivity index is 2.04. The molecule has 0 unspecified atom stereocenters. The van der Waals surface area contributed by atoms with E-state index in [1.807, 2.05) is 6.07 Å². The van der Waals surface area contributed by atoms with Crippen molar-refractivity contribution in [2.45, 2.75) is 25.8 Å². The molecule has 2 N–H and O–H groups in total. The molecule has 7 nitrogen and oxygen atoms in total. The molecule has 3 rings (SSSR count). The molecule has 0 saturated heterocycles. The van der Waals surface area contributed by atoms with E-state index in [4.69, 9.17) is 15.7 Å². The third kappa shape index (κ3) is 2.63. The lowest BCUT2D eigenvalue weighted by Crippen LogP contribution is -2.29. The van der Waals surface area contributed by atoms with Crippen LogP contribution in [0.25, 0.3) is 11.3 Å². The van der Waals surface area contributed by atoms with Crippen LogP contribution in [-0.4, -0.2) is 22.1 Å². The van der Waals surface area contributed by atoms with Gasteiger partial charge in [0.2, 0.25) is 0 Å². The average Bonchev–Trinajstić information content (AvgIpc) is 2.99. The summed E-state index contributed by atoms with van der Waals surface area (Å²) in [7, 11) is 0. The summed E-state index contributed by atoms with van der Waals surface area (Å²) in [6.07, 6.45) is 1.01. The number of fused-ring (bicyclic) bond motifs is 1. The number of benzene rings is 1. The van der Waals surface area contributed by atoms with Crippen molar-refractivity contribution in [3.8, 4) is 17.3 Å². The number of aryl methyl sites for hydroxylation is 1. The lowest BCUT2D eigenvalue weighted by atomic mass is 10.1. The molecule has 24 heavy (non-hydrogen) atoms. The number of hydrogen-bond acceptors (Lipinski definition) is 6. The van der Waals surface area contributed by atoms with Crippen LogP contribution < -0.4 is 11.3 Å². The maximum absolute atomic E-state index is 12.5. The fourth-order valence-electron chi connectivity index (χ4n) is 2.91. The Bertz CT molecular complexity index is 911. The van der Waals surface area contributed by atoms with E-state index in [1.165, 1.54) is 10.6 Å². The van der Waals surface area contributed by atoms with Crippen molar-refractivity contribution in [3.05, 3.63) is 46.0 Å². The molecule has 122 valence electrons. The van der Waals surface area contributed by atoms with Crippen molar-refractivity contribution >= 4 is 11.7 Å². The van der Waals surface area contributed by atoms with Gasteiger partial charge in [0.25, 0.3) is 5.56 Å². The van der Waals surface area contributed by atoms with Crippen LogP contribution in [0.2, 0.25) is 0 Å². The van der Waals surface area contributed by atoms with Gasteiger partial charge in [-0.3, -0.25) is 9.36 Å². The fraction of sp³-hybridized carbons (Fsp3) is 0.294. The maximum atomic E-state index is 12.5. The monoisotopic (exact) mass is 324 g/mol. The summed E-state index contributed by atoms with van der Waals surface area (Å²) in [5.41, 5.74) is 7.51. The molecule has 2 heterocycles. The first-order valence-electron chi connectivity index (χ1n) is 7.64. The lowest BCUT2D eigenvalue weighted by molar-refractivity contribution is -0.147. The summed E-state index contributed by atoms with van der Waals surface area (Å²) in [5.74, 6) is 0.130. The van der Waals surface area contributed by atoms with Gasteiger partial charge in [0.1, 0.15) is 11.9 Å². The second-order valence-corrected chi connectivity index (χ2v) is 5.49. The van der Waals surface area contributed by atoms with Crippen LogP contribution in [0.5, 0.6) is 0 Å². The number of ether oxygens (including phenoxy) is 1. The largest absolute Gasteiger partial charge is 0.464 e. The number of nitrogens with two attached hydrogens (primary N) is 1. The molecule has 0 amide bonds. The molecule has 0 spiro atoms. The Morgan fingerprint density at radius 1 is 1.50 bits per heavy atom. The standard InChI is InChI=1S/C17H16N4O3/c1-2-24-17(23)14-5-6-15-20-13(8-16(22)21(14)15)11-4-3-10(9-18)7-12(11)19/h3-4,7-8,14H,2,5-6,19H2,1H3/t14-/m0/s1. The van der Waals surface area contributed by atoms with Crippen LogP contribution in [0, 0.1) is 11.3 Å². The van der Waals surface area contributed by atoms with Crippen LogP contribution in [-0.2, 0) is 16.0 Å².